The molecule has 0 saturated heterocycles. The number of aromatic carboxylic acids is 1. The second-order valence-corrected chi connectivity index (χ2v) is 5.17. The summed E-state index contributed by atoms with van der Waals surface area (Å²) in [6, 6.07) is 9.64. The number of carbonyl (C=O) groups is 2. The van der Waals surface area contributed by atoms with Crippen LogP contribution >= 0.6 is 15.9 Å². The summed E-state index contributed by atoms with van der Waals surface area (Å²) in [5, 5.41) is 22.4. The van der Waals surface area contributed by atoms with Gasteiger partial charge in [-0.1, -0.05) is 15.9 Å². The fourth-order valence-corrected chi connectivity index (χ4v) is 2.02. The summed E-state index contributed by atoms with van der Waals surface area (Å²) in [6.45, 7) is 0. The van der Waals surface area contributed by atoms with Crippen LogP contribution in [0.15, 0.2) is 46.9 Å². The molecule has 2 aromatic carbocycles. The number of carbonyl (C=O) groups excluding carboxylic acids is 1. The molecule has 2 N–H and O–H groups in total. The number of halogens is 1. The number of nitro groups is 1. The molecule has 0 atom stereocenters. The van der Waals surface area contributed by atoms with Crippen molar-refractivity contribution in [2.75, 3.05) is 5.32 Å². The molecule has 0 aliphatic heterocycles. The first-order valence-corrected chi connectivity index (χ1v) is 6.76. The van der Waals surface area contributed by atoms with Crippen molar-refractivity contribution < 1.29 is 19.6 Å². The maximum atomic E-state index is 12.2. The maximum absolute atomic E-state index is 12.2. The Hall–Kier alpha value is -2.74. The van der Waals surface area contributed by atoms with Gasteiger partial charge in [-0.3, -0.25) is 14.9 Å². The van der Waals surface area contributed by atoms with Crippen LogP contribution in [0.4, 0.5) is 11.4 Å². The van der Waals surface area contributed by atoms with E-state index in [-0.39, 0.29) is 16.8 Å². The first kappa shape index (κ1) is 15.6. The molecule has 2 aromatic rings. The van der Waals surface area contributed by atoms with Gasteiger partial charge in [-0.2, -0.15) is 0 Å². The monoisotopic (exact) mass is 364 g/mol. The van der Waals surface area contributed by atoms with Crippen molar-refractivity contribution in [1.82, 2.24) is 0 Å². The Morgan fingerprint density at radius 2 is 1.73 bits per heavy atom. The molecule has 0 aliphatic rings. The molecule has 8 heteroatoms. The van der Waals surface area contributed by atoms with E-state index in [4.69, 9.17) is 5.11 Å². The Morgan fingerprint density at radius 1 is 1.09 bits per heavy atom. The lowest BCUT2D eigenvalue weighted by Crippen LogP contribution is -2.16. The number of carboxylic acids is 1. The summed E-state index contributed by atoms with van der Waals surface area (Å²) in [5.41, 5.74) is -0.494. The summed E-state index contributed by atoms with van der Waals surface area (Å²) in [7, 11) is 0. The van der Waals surface area contributed by atoms with Crippen molar-refractivity contribution >= 4 is 39.2 Å². The number of rotatable bonds is 4. The van der Waals surface area contributed by atoms with Crippen LogP contribution in [0.3, 0.4) is 0 Å². The predicted molar refractivity (Wildman–Crippen MR) is 82.2 cm³/mol. The second kappa shape index (κ2) is 6.35. The van der Waals surface area contributed by atoms with Gasteiger partial charge in [0.1, 0.15) is 0 Å². The zero-order chi connectivity index (χ0) is 16.3. The number of hydrogen-bond donors (Lipinski definition) is 2. The third-order valence-electron chi connectivity index (χ3n) is 2.79. The van der Waals surface area contributed by atoms with E-state index in [9.17, 15) is 19.7 Å². The summed E-state index contributed by atoms with van der Waals surface area (Å²) < 4.78 is 0.812. The van der Waals surface area contributed by atoms with Crippen molar-refractivity contribution in [2.45, 2.75) is 0 Å². The molecule has 7 nitrogen and oxygen atoms in total. The average molecular weight is 365 g/mol. The molecule has 0 saturated carbocycles. The molecule has 0 heterocycles. The van der Waals surface area contributed by atoms with Gasteiger partial charge in [0.15, 0.2) is 0 Å². The highest BCUT2D eigenvalue weighted by Gasteiger charge is 2.20. The van der Waals surface area contributed by atoms with E-state index in [1.54, 1.807) is 24.3 Å². The van der Waals surface area contributed by atoms with Crippen molar-refractivity contribution in [3.8, 4) is 0 Å². The van der Waals surface area contributed by atoms with Gasteiger partial charge in [0.25, 0.3) is 11.6 Å². The molecule has 0 spiro atoms. The number of benzene rings is 2. The predicted octanol–water partition coefficient (Wildman–Crippen LogP) is 3.31. The fraction of sp³-hybridized carbons (Fsp3) is 0. The van der Waals surface area contributed by atoms with Crippen LogP contribution in [-0.2, 0) is 0 Å². The molecule has 22 heavy (non-hydrogen) atoms. The van der Waals surface area contributed by atoms with Crippen molar-refractivity contribution in [3.05, 3.63) is 68.2 Å². The van der Waals surface area contributed by atoms with Crippen LogP contribution in [0.5, 0.6) is 0 Å². The van der Waals surface area contributed by atoms with Gasteiger partial charge in [0, 0.05) is 22.3 Å². The van der Waals surface area contributed by atoms with E-state index in [0.717, 1.165) is 22.7 Å². The van der Waals surface area contributed by atoms with E-state index in [1.165, 1.54) is 0 Å². The van der Waals surface area contributed by atoms with Crippen molar-refractivity contribution in [2.24, 2.45) is 0 Å². The standard InChI is InChI=1S/C14H9BrN2O5/c15-8-1-3-9(4-2-8)16-13(18)12-7-10(17(21)22)5-6-11(12)14(19)20/h1-7H,(H,16,18)(H,19,20). The Morgan fingerprint density at radius 3 is 2.27 bits per heavy atom. The number of hydrogen-bond acceptors (Lipinski definition) is 4. The Kier molecular flexibility index (Phi) is 4.52. The van der Waals surface area contributed by atoms with E-state index < -0.39 is 16.8 Å². The molecule has 0 aromatic heterocycles. The number of amides is 1. The minimum atomic E-state index is -1.34. The van der Waals surface area contributed by atoms with Gasteiger partial charge < -0.3 is 10.4 Å². The average Bonchev–Trinajstić information content (AvgIpc) is 2.48. The highest BCUT2D eigenvalue weighted by atomic mass is 79.9. The van der Waals surface area contributed by atoms with Crippen LogP contribution in [-0.4, -0.2) is 21.9 Å². The third-order valence-corrected chi connectivity index (χ3v) is 3.32. The zero-order valence-electron chi connectivity index (χ0n) is 10.9. The second-order valence-electron chi connectivity index (χ2n) is 4.25. The number of nitrogens with zero attached hydrogens (tertiary/aromatic N) is 1. The highest BCUT2D eigenvalue weighted by molar-refractivity contribution is 9.10. The van der Waals surface area contributed by atoms with Gasteiger partial charge >= 0.3 is 5.97 Å². The molecule has 2 rings (SSSR count). The van der Waals surface area contributed by atoms with E-state index >= 15 is 0 Å². The Labute approximate surface area is 132 Å². The number of non-ortho nitro benzene ring substituents is 1. The van der Waals surface area contributed by atoms with Crippen LogP contribution in [0.2, 0.25) is 0 Å². The first-order chi connectivity index (χ1) is 10.4. The van der Waals surface area contributed by atoms with Gasteiger partial charge in [0.2, 0.25) is 0 Å². The van der Waals surface area contributed by atoms with Gasteiger partial charge in [-0.25, -0.2) is 4.79 Å². The Balaban J connectivity index is 2.38. The third kappa shape index (κ3) is 3.47. The maximum Gasteiger partial charge on any atom is 0.336 e. The Bertz CT molecular complexity index is 758. The molecule has 0 unspecified atom stereocenters. The van der Waals surface area contributed by atoms with Crippen LogP contribution in [0.1, 0.15) is 20.7 Å². The number of nitrogens with one attached hydrogen (secondary N) is 1. The van der Waals surface area contributed by atoms with Gasteiger partial charge in [0.05, 0.1) is 16.1 Å². The molecule has 0 radical (unpaired) electrons. The zero-order valence-corrected chi connectivity index (χ0v) is 12.5. The summed E-state index contributed by atoms with van der Waals surface area (Å²) in [5.74, 6) is -2.07. The van der Waals surface area contributed by atoms with Crippen LogP contribution in [0, 0.1) is 10.1 Å². The summed E-state index contributed by atoms with van der Waals surface area (Å²) >= 11 is 3.25. The molecular weight excluding hydrogens is 356 g/mol. The summed E-state index contributed by atoms with van der Waals surface area (Å²) in [6.07, 6.45) is 0. The lowest BCUT2D eigenvalue weighted by molar-refractivity contribution is -0.384. The molecule has 112 valence electrons. The normalized spacial score (nSPS) is 10.0. The van der Waals surface area contributed by atoms with E-state index in [2.05, 4.69) is 21.2 Å². The van der Waals surface area contributed by atoms with E-state index in [0.29, 0.717) is 5.69 Å². The van der Waals surface area contributed by atoms with Crippen molar-refractivity contribution in [1.29, 1.82) is 0 Å². The summed E-state index contributed by atoms with van der Waals surface area (Å²) in [4.78, 5) is 33.4. The first-order valence-electron chi connectivity index (χ1n) is 5.97. The van der Waals surface area contributed by atoms with Gasteiger partial charge in [-0.15, -0.1) is 0 Å². The lowest BCUT2D eigenvalue weighted by Gasteiger charge is -2.08. The van der Waals surface area contributed by atoms with Crippen LogP contribution < -0.4 is 5.32 Å². The smallest absolute Gasteiger partial charge is 0.336 e. The minimum Gasteiger partial charge on any atom is -0.478 e. The number of anilines is 1. The molecular formula is C14H9BrN2O5. The molecule has 1 amide bonds. The van der Waals surface area contributed by atoms with Crippen LogP contribution in [0.25, 0.3) is 0 Å². The minimum absolute atomic E-state index is 0.274. The van der Waals surface area contributed by atoms with E-state index in [1.807, 2.05) is 0 Å². The topological polar surface area (TPSA) is 110 Å². The van der Waals surface area contributed by atoms with Crippen molar-refractivity contribution in [3.63, 3.8) is 0 Å². The fourth-order valence-electron chi connectivity index (χ4n) is 1.75. The largest absolute Gasteiger partial charge is 0.478 e. The number of carboxylic acid groups (broad SMARTS) is 1. The molecule has 0 aliphatic carbocycles. The number of nitro benzene ring substituents is 1. The SMILES string of the molecule is O=C(O)c1ccc([N+](=O)[O-])cc1C(=O)Nc1ccc(Br)cc1. The molecule has 0 fully saturated rings. The van der Waals surface area contributed by atoms with Gasteiger partial charge in [-0.05, 0) is 30.3 Å². The quantitative estimate of drug-likeness (QED) is 0.638. The lowest BCUT2D eigenvalue weighted by atomic mass is 10.1. The highest BCUT2D eigenvalue weighted by Crippen LogP contribution is 2.20. The molecule has 0 bridgehead atoms.